The van der Waals surface area contributed by atoms with E-state index in [1.54, 1.807) is 18.5 Å². The van der Waals surface area contributed by atoms with E-state index in [0.29, 0.717) is 19.5 Å². The molecular formula is C16H27N2O4S+. The molecule has 0 aromatic heterocycles. The molecule has 0 saturated carbocycles. The van der Waals surface area contributed by atoms with Gasteiger partial charge in [0.15, 0.2) is 11.5 Å². The van der Waals surface area contributed by atoms with Gasteiger partial charge >= 0.3 is 0 Å². The Labute approximate surface area is 139 Å². The van der Waals surface area contributed by atoms with E-state index in [2.05, 4.69) is 0 Å². The first-order valence-electron chi connectivity index (χ1n) is 8.03. The number of benzene rings is 1. The van der Waals surface area contributed by atoms with Crippen LogP contribution in [0, 0.1) is 0 Å². The Morgan fingerprint density at radius 3 is 2.43 bits per heavy atom. The summed E-state index contributed by atoms with van der Waals surface area (Å²) in [6, 6.07) is 5.87. The quantitative estimate of drug-likeness (QED) is 0.765. The van der Waals surface area contributed by atoms with Crippen LogP contribution in [0.15, 0.2) is 18.2 Å². The maximum atomic E-state index is 12.1. The molecule has 1 aliphatic heterocycles. The monoisotopic (exact) mass is 343 g/mol. The average Bonchev–Trinajstić information content (AvgIpc) is 2.55. The molecule has 0 atom stereocenters. The van der Waals surface area contributed by atoms with E-state index < -0.39 is 10.0 Å². The van der Waals surface area contributed by atoms with Gasteiger partial charge in [-0.3, -0.25) is 0 Å². The van der Waals surface area contributed by atoms with Gasteiger partial charge in [0.05, 0.1) is 51.7 Å². The van der Waals surface area contributed by atoms with Crippen LogP contribution in [0.25, 0.3) is 0 Å². The number of nitrogens with zero attached hydrogens (tertiary/aromatic N) is 1. The van der Waals surface area contributed by atoms with Crippen molar-refractivity contribution in [1.29, 1.82) is 0 Å². The van der Waals surface area contributed by atoms with E-state index in [0.717, 1.165) is 36.7 Å². The van der Waals surface area contributed by atoms with Crippen LogP contribution in [-0.4, -0.2) is 58.9 Å². The molecule has 1 N–H and O–H groups in total. The molecule has 0 spiro atoms. The number of methoxy groups -OCH3 is 2. The SMILES string of the molecule is CCCS(=O)(=O)N1CC[NH+](Cc2cccc(OC)c2OC)CC1. The second-order valence-electron chi connectivity index (χ2n) is 5.79. The predicted molar refractivity (Wildman–Crippen MR) is 89.6 cm³/mol. The van der Waals surface area contributed by atoms with E-state index >= 15 is 0 Å². The van der Waals surface area contributed by atoms with E-state index in [4.69, 9.17) is 9.47 Å². The van der Waals surface area contributed by atoms with Gasteiger partial charge in [-0.25, -0.2) is 8.42 Å². The lowest BCUT2D eigenvalue weighted by Crippen LogP contribution is -3.13. The number of quaternary nitrogens is 1. The molecule has 23 heavy (non-hydrogen) atoms. The van der Waals surface area contributed by atoms with Crippen LogP contribution in [0.3, 0.4) is 0 Å². The number of ether oxygens (including phenoxy) is 2. The molecule has 2 rings (SSSR count). The first-order valence-corrected chi connectivity index (χ1v) is 9.64. The van der Waals surface area contributed by atoms with Crippen LogP contribution in [-0.2, 0) is 16.6 Å². The number of hydrogen-bond donors (Lipinski definition) is 1. The number of rotatable bonds is 7. The van der Waals surface area contributed by atoms with Crippen molar-refractivity contribution in [2.24, 2.45) is 0 Å². The molecule has 130 valence electrons. The summed E-state index contributed by atoms with van der Waals surface area (Å²) >= 11 is 0. The molecular weight excluding hydrogens is 316 g/mol. The van der Waals surface area contributed by atoms with Crippen molar-refractivity contribution in [3.8, 4) is 11.5 Å². The zero-order chi connectivity index (χ0) is 16.9. The molecule has 1 aromatic rings. The van der Waals surface area contributed by atoms with Gasteiger partial charge in [0.2, 0.25) is 10.0 Å². The minimum Gasteiger partial charge on any atom is -0.493 e. The standard InChI is InChI=1S/C16H26N2O4S/c1-4-12-23(19,20)18-10-8-17(9-11-18)13-14-6-5-7-15(21-2)16(14)22-3/h5-7H,4,8-13H2,1-3H3/p+1. The summed E-state index contributed by atoms with van der Waals surface area (Å²) in [5.41, 5.74) is 1.09. The zero-order valence-corrected chi connectivity index (χ0v) is 15.0. The summed E-state index contributed by atoms with van der Waals surface area (Å²) < 4.78 is 36.7. The van der Waals surface area contributed by atoms with E-state index in [1.165, 1.54) is 4.90 Å². The normalized spacial score (nSPS) is 17.2. The molecule has 1 aromatic carbocycles. The van der Waals surface area contributed by atoms with Gasteiger partial charge in [0.1, 0.15) is 6.54 Å². The van der Waals surface area contributed by atoms with Gasteiger partial charge < -0.3 is 14.4 Å². The Hall–Kier alpha value is -1.31. The van der Waals surface area contributed by atoms with E-state index in [9.17, 15) is 8.42 Å². The molecule has 6 nitrogen and oxygen atoms in total. The van der Waals surface area contributed by atoms with Crippen molar-refractivity contribution >= 4 is 10.0 Å². The number of hydrogen-bond acceptors (Lipinski definition) is 4. The van der Waals surface area contributed by atoms with Crippen LogP contribution in [0.4, 0.5) is 0 Å². The fourth-order valence-corrected chi connectivity index (χ4v) is 4.52. The highest BCUT2D eigenvalue weighted by Crippen LogP contribution is 2.30. The maximum absolute atomic E-state index is 12.1. The highest BCUT2D eigenvalue weighted by molar-refractivity contribution is 7.89. The maximum Gasteiger partial charge on any atom is 0.214 e. The molecule has 1 heterocycles. The van der Waals surface area contributed by atoms with Crippen LogP contribution in [0.5, 0.6) is 11.5 Å². The fraction of sp³-hybridized carbons (Fsp3) is 0.625. The molecule has 0 unspecified atom stereocenters. The highest BCUT2D eigenvalue weighted by atomic mass is 32.2. The first kappa shape index (κ1) is 18.0. The molecule has 1 saturated heterocycles. The topological polar surface area (TPSA) is 60.3 Å². The molecule has 1 fully saturated rings. The van der Waals surface area contributed by atoms with Gasteiger partial charge in [-0.15, -0.1) is 0 Å². The predicted octanol–water partition coefficient (Wildman–Crippen LogP) is 0.144. The third-order valence-electron chi connectivity index (χ3n) is 4.21. The summed E-state index contributed by atoms with van der Waals surface area (Å²) in [6.07, 6.45) is 0.663. The lowest BCUT2D eigenvalue weighted by molar-refractivity contribution is -0.917. The second kappa shape index (κ2) is 7.99. The Kier molecular flexibility index (Phi) is 6.26. The summed E-state index contributed by atoms with van der Waals surface area (Å²) in [4.78, 5) is 1.36. The van der Waals surface area contributed by atoms with Crippen LogP contribution < -0.4 is 14.4 Å². The van der Waals surface area contributed by atoms with Crippen LogP contribution >= 0.6 is 0 Å². The lowest BCUT2D eigenvalue weighted by atomic mass is 10.1. The number of piperazine rings is 1. The van der Waals surface area contributed by atoms with Gasteiger partial charge in [0, 0.05) is 0 Å². The lowest BCUT2D eigenvalue weighted by Gasteiger charge is -2.31. The Morgan fingerprint density at radius 2 is 1.87 bits per heavy atom. The van der Waals surface area contributed by atoms with Crippen molar-refractivity contribution in [3.05, 3.63) is 23.8 Å². The number of sulfonamides is 1. The Bertz CT molecular complexity index is 611. The smallest absolute Gasteiger partial charge is 0.214 e. The third-order valence-corrected chi connectivity index (χ3v) is 6.29. The minimum atomic E-state index is -3.08. The van der Waals surface area contributed by atoms with E-state index in [1.807, 2.05) is 25.1 Å². The summed E-state index contributed by atoms with van der Waals surface area (Å²) in [5.74, 6) is 1.74. The summed E-state index contributed by atoms with van der Waals surface area (Å²) in [5, 5.41) is 0. The zero-order valence-electron chi connectivity index (χ0n) is 14.2. The molecule has 0 bridgehead atoms. The average molecular weight is 343 g/mol. The molecule has 1 aliphatic rings. The number of nitrogens with one attached hydrogen (secondary N) is 1. The molecule has 0 radical (unpaired) electrons. The number of para-hydroxylation sites is 1. The second-order valence-corrected chi connectivity index (χ2v) is 7.88. The first-order chi connectivity index (χ1) is 11.0. The van der Waals surface area contributed by atoms with Crippen LogP contribution in [0.2, 0.25) is 0 Å². The van der Waals surface area contributed by atoms with Gasteiger partial charge in [-0.05, 0) is 18.6 Å². The van der Waals surface area contributed by atoms with Crippen LogP contribution in [0.1, 0.15) is 18.9 Å². The van der Waals surface area contributed by atoms with E-state index in [-0.39, 0.29) is 5.75 Å². The highest BCUT2D eigenvalue weighted by Gasteiger charge is 2.28. The molecule has 0 aliphatic carbocycles. The Morgan fingerprint density at radius 1 is 1.17 bits per heavy atom. The minimum absolute atomic E-state index is 0.242. The largest absolute Gasteiger partial charge is 0.493 e. The molecule has 7 heteroatoms. The van der Waals surface area contributed by atoms with Gasteiger partial charge in [0.25, 0.3) is 0 Å². The summed E-state index contributed by atoms with van der Waals surface area (Å²) in [6.45, 7) is 5.50. The molecule has 0 amide bonds. The third kappa shape index (κ3) is 4.37. The van der Waals surface area contributed by atoms with Crippen molar-refractivity contribution < 1.29 is 22.8 Å². The van der Waals surface area contributed by atoms with Crippen molar-refractivity contribution in [2.75, 3.05) is 46.2 Å². The Balaban J connectivity index is 2.00. The van der Waals surface area contributed by atoms with Crippen molar-refractivity contribution in [1.82, 2.24) is 4.31 Å². The van der Waals surface area contributed by atoms with Gasteiger partial charge in [-0.2, -0.15) is 4.31 Å². The fourth-order valence-electron chi connectivity index (χ4n) is 3.01. The van der Waals surface area contributed by atoms with Crippen molar-refractivity contribution in [2.45, 2.75) is 19.9 Å². The van der Waals surface area contributed by atoms with Crippen molar-refractivity contribution in [3.63, 3.8) is 0 Å². The summed E-state index contributed by atoms with van der Waals surface area (Å²) in [7, 11) is 0.198. The van der Waals surface area contributed by atoms with Gasteiger partial charge in [-0.1, -0.05) is 13.0 Å².